The summed E-state index contributed by atoms with van der Waals surface area (Å²) in [4.78, 5) is 0. The third-order valence-corrected chi connectivity index (χ3v) is 2.78. The molecule has 0 aliphatic rings. The van der Waals surface area contributed by atoms with Gasteiger partial charge < -0.3 is 15.2 Å². The van der Waals surface area contributed by atoms with Gasteiger partial charge in [-0.2, -0.15) is 0 Å². The molecular weight excluding hydrogens is 202 g/mol. The molecule has 0 heterocycles. The molecule has 1 aromatic carbocycles. The predicted octanol–water partition coefficient (Wildman–Crippen LogP) is 2.46. The Morgan fingerprint density at radius 3 is 2.44 bits per heavy atom. The molecule has 1 rings (SSSR count). The number of ether oxygens (including phenoxy) is 2. The third kappa shape index (κ3) is 2.67. The maximum atomic E-state index is 5.59. The lowest BCUT2D eigenvalue weighted by atomic mass is 9.95. The van der Waals surface area contributed by atoms with Crippen molar-refractivity contribution in [1.82, 2.24) is 0 Å². The summed E-state index contributed by atoms with van der Waals surface area (Å²) in [5.41, 5.74) is 7.94. The highest BCUT2D eigenvalue weighted by Gasteiger charge is 2.15. The van der Waals surface area contributed by atoms with Crippen molar-refractivity contribution in [3.63, 3.8) is 0 Å². The van der Waals surface area contributed by atoms with Crippen LogP contribution in [0.3, 0.4) is 0 Å². The molecule has 0 fully saturated rings. The summed E-state index contributed by atoms with van der Waals surface area (Å²) >= 11 is 0. The highest BCUT2D eigenvalue weighted by molar-refractivity contribution is 5.50. The molecule has 0 aromatic heterocycles. The van der Waals surface area contributed by atoms with Crippen LogP contribution < -0.4 is 15.2 Å². The Balaban J connectivity index is 3.19. The minimum atomic E-state index is 0.383. The lowest BCUT2D eigenvalue weighted by molar-refractivity contribution is 0.349. The summed E-state index contributed by atoms with van der Waals surface area (Å²) in [6.07, 6.45) is 0.947. The van der Waals surface area contributed by atoms with E-state index in [-0.39, 0.29) is 0 Å². The second kappa shape index (κ2) is 5.75. The van der Waals surface area contributed by atoms with Crippen molar-refractivity contribution in [2.24, 2.45) is 5.73 Å². The third-order valence-electron chi connectivity index (χ3n) is 2.78. The summed E-state index contributed by atoms with van der Waals surface area (Å²) in [6.45, 7) is 4.89. The van der Waals surface area contributed by atoms with Gasteiger partial charge >= 0.3 is 0 Å². The zero-order chi connectivity index (χ0) is 12.1. The Morgan fingerprint density at radius 1 is 1.25 bits per heavy atom. The van der Waals surface area contributed by atoms with Crippen molar-refractivity contribution in [2.75, 3.05) is 20.8 Å². The molecule has 3 heteroatoms. The van der Waals surface area contributed by atoms with E-state index in [9.17, 15) is 0 Å². The van der Waals surface area contributed by atoms with E-state index in [0.29, 0.717) is 12.5 Å². The molecule has 0 amide bonds. The fraction of sp³-hybridized carbons (Fsp3) is 0.538. The quantitative estimate of drug-likeness (QED) is 0.834. The number of aryl methyl sites for hydroxylation is 1. The Hall–Kier alpha value is -1.22. The molecular formula is C13H21NO2. The zero-order valence-electron chi connectivity index (χ0n) is 10.5. The van der Waals surface area contributed by atoms with Crippen molar-refractivity contribution in [2.45, 2.75) is 26.2 Å². The molecule has 0 spiro atoms. The van der Waals surface area contributed by atoms with Gasteiger partial charge in [0.05, 0.1) is 14.2 Å². The normalized spacial score (nSPS) is 12.3. The molecule has 16 heavy (non-hydrogen) atoms. The smallest absolute Gasteiger partial charge is 0.164 e. The first kappa shape index (κ1) is 12.8. The van der Waals surface area contributed by atoms with Gasteiger partial charge in [0.25, 0.3) is 0 Å². The average molecular weight is 223 g/mol. The van der Waals surface area contributed by atoms with E-state index >= 15 is 0 Å². The van der Waals surface area contributed by atoms with Gasteiger partial charge in [0.2, 0.25) is 0 Å². The fourth-order valence-electron chi connectivity index (χ4n) is 1.91. The van der Waals surface area contributed by atoms with Crippen LogP contribution in [0.1, 0.15) is 30.4 Å². The van der Waals surface area contributed by atoms with Gasteiger partial charge in [0, 0.05) is 5.56 Å². The molecule has 0 aliphatic carbocycles. The van der Waals surface area contributed by atoms with Crippen LogP contribution >= 0.6 is 0 Å². The largest absolute Gasteiger partial charge is 0.493 e. The van der Waals surface area contributed by atoms with E-state index in [4.69, 9.17) is 15.2 Å². The van der Waals surface area contributed by atoms with Crippen LogP contribution in [0.25, 0.3) is 0 Å². The minimum absolute atomic E-state index is 0.383. The van der Waals surface area contributed by atoms with Gasteiger partial charge in [0.15, 0.2) is 11.5 Å². The molecule has 0 bridgehead atoms. The van der Waals surface area contributed by atoms with E-state index in [1.807, 2.05) is 6.07 Å². The number of hydrogen-bond donors (Lipinski definition) is 1. The van der Waals surface area contributed by atoms with Crippen molar-refractivity contribution >= 4 is 0 Å². The summed E-state index contributed by atoms with van der Waals surface area (Å²) in [5, 5.41) is 0. The molecule has 1 unspecified atom stereocenters. The van der Waals surface area contributed by atoms with Gasteiger partial charge in [-0.1, -0.05) is 13.0 Å². The lowest BCUT2D eigenvalue weighted by Gasteiger charge is -2.18. The van der Waals surface area contributed by atoms with E-state index in [0.717, 1.165) is 17.9 Å². The lowest BCUT2D eigenvalue weighted by Crippen LogP contribution is -2.07. The standard InChI is InChI=1S/C13H21NO2/c1-9-7-11(10(2)5-6-14)13(16-4)12(8-9)15-3/h7-8,10H,5-6,14H2,1-4H3. The van der Waals surface area contributed by atoms with E-state index in [2.05, 4.69) is 19.9 Å². The minimum Gasteiger partial charge on any atom is -0.493 e. The van der Waals surface area contributed by atoms with Gasteiger partial charge in [-0.3, -0.25) is 0 Å². The van der Waals surface area contributed by atoms with Crippen LogP contribution in [0.2, 0.25) is 0 Å². The molecule has 0 aliphatic heterocycles. The number of hydrogen-bond acceptors (Lipinski definition) is 3. The average Bonchev–Trinajstić information content (AvgIpc) is 2.28. The predicted molar refractivity (Wildman–Crippen MR) is 66.4 cm³/mol. The first-order valence-electron chi connectivity index (χ1n) is 5.56. The second-order valence-corrected chi connectivity index (χ2v) is 4.07. The molecule has 3 nitrogen and oxygen atoms in total. The molecule has 1 atom stereocenters. The van der Waals surface area contributed by atoms with Crippen LogP contribution in [0.5, 0.6) is 11.5 Å². The Labute approximate surface area is 97.6 Å². The van der Waals surface area contributed by atoms with Crippen LogP contribution in [0.4, 0.5) is 0 Å². The van der Waals surface area contributed by atoms with Crippen molar-refractivity contribution in [3.8, 4) is 11.5 Å². The van der Waals surface area contributed by atoms with E-state index in [1.165, 1.54) is 11.1 Å². The zero-order valence-corrected chi connectivity index (χ0v) is 10.5. The summed E-state index contributed by atoms with van der Waals surface area (Å²) in [5.74, 6) is 2.00. The topological polar surface area (TPSA) is 44.5 Å². The van der Waals surface area contributed by atoms with Gasteiger partial charge in [-0.25, -0.2) is 0 Å². The van der Waals surface area contributed by atoms with Crippen molar-refractivity contribution < 1.29 is 9.47 Å². The Bertz CT molecular complexity index is 350. The monoisotopic (exact) mass is 223 g/mol. The van der Waals surface area contributed by atoms with Crippen LogP contribution in [-0.2, 0) is 0 Å². The number of methoxy groups -OCH3 is 2. The first-order valence-corrected chi connectivity index (χ1v) is 5.56. The molecule has 1 aromatic rings. The number of nitrogens with two attached hydrogens (primary N) is 1. The SMILES string of the molecule is COc1cc(C)cc(C(C)CCN)c1OC. The van der Waals surface area contributed by atoms with Crippen LogP contribution in [0, 0.1) is 6.92 Å². The van der Waals surface area contributed by atoms with Crippen molar-refractivity contribution in [3.05, 3.63) is 23.3 Å². The molecule has 0 radical (unpaired) electrons. The van der Waals surface area contributed by atoms with Crippen LogP contribution in [0.15, 0.2) is 12.1 Å². The van der Waals surface area contributed by atoms with Gasteiger partial charge in [-0.05, 0) is 37.4 Å². The maximum Gasteiger partial charge on any atom is 0.164 e. The van der Waals surface area contributed by atoms with Crippen LogP contribution in [-0.4, -0.2) is 20.8 Å². The van der Waals surface area contributed by atoms with Gasteiger partial charge in [-0.15, -0.1) is 0 Å². The molecule has 0 saturated carbocycles. The number of benzene rings is 1. The van der Waals surface area contributed by atoms with E-state index < -0.39 is 0 Å². The summed E-state index contributed by atoms with van der Waals surface area (Å²) in [6, 6.07) is 4.12. The highest BCUT2D eigenvalue weighted by atomic mass is 16.5. The number of rotatable bonds is 5. The first-order chi connectivity index (χ1) is 7.63. The summed E-state index contributed by atoms with van der Waals surface area (Å²) in [7, 11) is 3.33. The van der Waals surface area contributed by atoms with Crippen molar-refractivity contribution in [1.29, 1.82) is 0 Å². The second-order valence-electron chi connectivity index (χ2n) is 4.07. The Kier molecular flexibility index (Phi) is 4.62. The molecule has 0 saturated heterocycles. The summed E-state index contributed by atoms with van der Waals surface area (Å²) < 4.78 is 10.8. The highest BCUT2D eigenvalue weighted by Crippen LogP contribution is 2.37. The fourth-order valence-corrected chi connectivity index (χ4v) is 1.91. The van der Waals surface area contributed by atoms with Gasteiger partial charge in [0.1, 0.15) is 0 Å². The molecule has 90 valence electrons. The Morgan fingerprint density at radius 2 is 1.94 bits per heavy atom. The molecule has 2 N–H and O–H groups in total. The maximum absolute atomic E-state index is 5.59. The van der Waals surface area contributed by atoms with E-state index in [1.54, 1.807) is 14.2 Å².